The van der Waals surface area contributed by atoms with Gasteiger partial charge >= 0.3 is 0 Å². The first-order valence-corrected chi connectivity index (χ1v) is 5.12. The number of nitrogens with two attached hydrogens (primary N) is 1. The Bertz CT molecular complexity index is 410. The highest BCUT2D eigenvalue weighted by Gasteiger charge is 2.12. The molecule has 0 spiro atoms. The molecule has 3 nitrogen and oxygen atoms in total. The number of aliphatic imine (C=N–C) groups is 1. The van der Waals surface area contributed by atoms with Gasteiger partial charge in [-0.15, -0.1) is 11.6 Å². The third kappa shape index (κ3) is 3.06. The molecule has 0 amide bonds. The second-order valence-electron chi connectivity index (χ2n) is 2.91. The van der Waals surface area contributed by atoms with Crippen molar-refractivity contribution in [3.05, 3.63) is 23.8 Å². The lowest BCUT2D eigenvalue weighted by molar-refractivity contribution is 0.321. The number of amidine groups is 1. The van der Waals surface area contributed by atoms with Gasteiger partial charge in [-0.05, 0) is 6.92 Å². The molecule has 0 heterocycles. The molecule has 0 aliphatic heterocycles. The van der Waals surface area contributed by atoms with E-state index in [-0.39, 0.29) is 29.8 Å². The fraction of sp³-hybridized carbons (Fsp3) is 0.300. The highest BCUT2D eigenvalue weighted by atomic mass is 35.5. The zero-order valence-corrected chi connectivity index (χ0v) is 9.39. The van der Waals surface area contributed by atoms with Crippen LogP contribution in [0.2, 0.25) is 0 Å². The second kappa shape index (κ2) is 5.65. The van der Waals surface area contributed by atoms with Gasteiger partial charge in [-0.2, -0.15) is 0 Å². The first-order valence-electron chi connectivity index (χ1n) is 4.59. The summed E-state index contributed by atoms with van der Waals surface area (Å²) in [5.74, 6) is -1.65. The minimum Gasteiger partial charge on any atom is -0.489 e. The lowest BCUT2D eigenvalue weighted by atomic mass is 10.2. The van der Waals surface area contributed by atoms with Crippen LogP contribution >= 0.6 is 11.6 Å². The zero-order valence-electron chi connectivity index (χ0n) is 8.64. The van der Waals surface area contributed by atoms with Crippen LogP contribution in [-0.2, 0) is 0 Å². The van der Waals surface area contributed by atoms with Crippen LogP contribution < -0.4 is 10.5 Å². The monoisotopic (exact) mass is 248 g/mol. The van der Waals surface area contributed by atoms with E-state index in [0.717, 1.165) is 12.1 Å². The molecule has 6 heteroatoms. The largest absolute Gasteiger partial charge is 0.489 e. The highest BCUT2D eigenvalue weighted by molar-refractivity contribution is 6.28. The van der Waals surface area contributed by atoms with Crippen molar-refractivity contribution in [3.8, 4) is 5.75 Å². The molecule has 0 atom stereocenters. The van der Waals surface area contributed by atoms with E-state index in [1.54, 1.807) is 6.92 Å². The number of rotatable bonds is 4. The van der Waals surface area contributed by atoms with Crippen LogP contribution in [0.4, 0.5) is 14.5 Å². The summed E-state index contributed by atoms with van der Waals surface area (Å²) in [6, 6.07) is 1.76. The first kappa shape index (κ1) is 12.7. The molecular weight excluding hydrogens is 238 g/mol. The Kier molecular flexibility index (Phi) is 4.49. The first-order chi connectivity index (χ1) is 7.58. The van der Waals surface area contributed by atoms with Crippen molar-refractivity contribution < 1.29 is 13.5 Å². The molecule has 88 valence electrons. The molecule has 0 aliphatic rings. The molecule has 0 saturated carbocycles. The maximum absolute atomic E-state index is 13.3. The second-order valence-corrected chi connectivity index (χ2v) is 3.17. The Hall–Kier alpha value is -1.36. The lowest BCUT2D eigenvalue weighted by Gasteiger charge is -2.08. The topological polar surface area (TPSA) is 47.6 Å². The van der Waals surface area contributed by atoms with Crippen LogP contribution in [0.5, 0.6) is 5.75 Å². The Morgan fingerprint density at radius 1 is 1.50 bits per heavy atom. The van der Waals surface area contributed by atoms with Gasteiger partial charge in [-0.25, -0.2) is 13.8 Å². The molecule has 1 rings (SSSR count). The van der Waals surface area contributed by atoms with E-state index < -0.39 is 11.6 Å². The van der Waals surface area contributed by atoms with Crippen molar-refractivity contribution in [3.63, 3.8) is 0 Å². The minimum absolute atomic E-state index is 0.00231. The molecule has 0 fully saturated rings. The maximum atomic E-state index is 13.3. The molecule has 0 aromatic heterocycles. The Morgan fingerprint density at radius 3 is 2.75 bits per heavy atom. The molecule has 0 bridgehead atoms. The Labute approximate surface area is 96.9 Å². The van der Waals surface area contributed by atoms with Gasteiger partial charge in [0.25, 0.3) is 0 Å². The van der Waals surface area contributed by atoms with E-state index >= 15 is 0 Å². The summed E-state index contributed by atoms with van der Waals surface area (Å²) in [6.07, 6.45) is 0. The van der Waals surface area contributed by atoms with Crippen molar-refractivity contribution in [2.45, 2.75) is 6.92 Å². The van der Waals surface area contributed by atoms with E-state index in [1.807, 2.05) is 0 Å². The van der Waals surface area contributed by atoms with E-state index in [4.69, 9.17) is 22.1 Å². The lowest BCUT2D eigenvalue weighted by Crippen LogP contribution is -2.12. The molecule has 1 aromatic carbocycles. The zero-order chi connectivity index (χ0) is 12.1. The Morgan fingerprint density at radius 2 is 2.19 bits per heavy atom. The van der Waals surface area contributed by atoms with Gasteiger partial charge in [0, 0.05) is 12.1 Å². The summed E-state index contributed by atoms with van der Waals surface area (Å²) in [7, 11) is 0. The predicted octanol–water partition coefficient (Wildman–Crippen LogP) is 2.59. The van der Waals surface area contributed by atoms with Crippen molar-refractivity contribution in [1.29, 1.82) is 0 Å². The van der Waals surface area contributed by atoms with Gasteiger partial charge in [0.15, 0.2) is 11.6 Å². The van der Waals surface area contributed by atoms with Gasteiger partial charge in [0.2, 0.25) is 0 Å². The van der Waals surface area contributed by atoms with Gasteiger partial charge in [-0.1, -0.05) is 0 Å². The number of nitrogens with zero attached hydrogens (tertiary/aromatic N) is 1. The van der Waals surface area contributed by atoms with E-state index in [1.165, 1.54) is 0 Å². The SMILES string of the molecule is CCOc1c(F)cc(F)cc1N=C(N)CCl. The van der Waals surface area contributed by atoms with Crippen LogP contribution in [0.3, 0.4) is 0 Å². The molecule has 16 heavy (non-hydrogen) atoms. The van der Waals surface area contributed by atoms with Crippen LogP contribution in [-0.4, -0.2) is 18.3 Å². The molecule has 0 saturated heterocycles. The summed E-state index contributed by atoms with van der Waals surface area (Å²) >= 11 is 5.43. The minimum atomic E-state index is -0.817. The summed E-state index contributed by atoms with van der Waals surface area (Å²) in [5, 5.41) is 0. The van der Waals surface area contributed by atoms with Crippen LogP contribution in [0.25, 0.3) is 0 Å². The molecular formula is C10H11ClF2N2O. The average molecular weight is 249 g/mol. The third-order valence-electron chi connectivity index (χ3n) is 1.68. The number of benzene rings is 1. The van der Waals surface area contributed by atoms with Gasteiger partial charge in [0.1, 0.15) is 17.3 Å². The molecule has 0 unspecified atom stereocenters. The molecule has 0 aliphatic carbocycles. The van der Waals surface area contributed by atoms with Crippen LogP contribution in [0.1, 0.15) is 6.92 Å². The number of ether oxygens (including phenoxy) is 1. The number of hydrogen-bond acceptors (Lipinski definition) is 2. The maximum Gasteiger partial charge on any atom is 0.180 e. The van der Waals surface area contributed by atoms with E-state index in [0.29, 0.717) is 0 Å². The smallest absolute Gasteiger partial charge is 0.180 e. The molecule has 2 N–H and O–H groups in total. The summed E-state index contributed by atoms with van der Waals surface area (Å²) in [6.45, 7) is 1.92. The fourth-order valence-corrected chi connectivity index (χ4v) is 1.16. The Balaban J connectivity index is 3.23. The standard InChI is InChI=1S/C10H11ClF2N2O/c1-2-16-10-7(13)3-6(12)4-8(10)15-9(14)5-11/h3-4H,2,5H2,1H3,(H2,14,15). The third-order valence-corrected chi connectivity index (χ3v) is 1.95. The summed E-state index contributed by atoms with van der Waals surface area (Å²) in [5.41, 5.74) is 5.39. The van der Waals surface area contributed by atoms with E-state index in [2.05, 4.69) is 4.99 Å². The number of alkyl halides is 1. The van der Waals surface area contributed by atoms with Gasteiger partial charge in [0.05, 0.1) is 12.5 Å². The van der Waals surface area contributed by atoms with Crippen molar-refractivity contribution in [1.82, 2.24) is 0 Å². The quantitative estimate of drug-likeness (QED) is 0.506. The van der Waals surface area contributed by atoms with Gasteiger partial charge in [-0.3, -0.25) is 0 Å². The molecule has 1 aromatic rings. The van der Waals surface area contributed by atoms with Crippen molar-refractivity contribution in [2.75, 3.05) is 12.5 Å². The van der Waals surface area contributed by atoms with Crippen LogP contribution in [0, 0.1) is 11.6 Å². The summed E-state index contributed by atoms with van der Waals surface area (Å²) < 4.78 is 31.3. The van der Waals surface area contributed by atoms with Crippen molar-refractivity contribution in [2.24, 2.45) is 10.7 Å². The average Bonchev–Trinajstić information content (AvgIpc) is 2.23. The van der Waals surface area contributed by atoms with E-state index in [9.17, 15) is 8.78 Å². The normalized spacial score (nSPS) is 11.6. The number of hydrogen-bond donors (Lipinski definition) is 1. The molecule has 0 radical (unpaired) electrons. The van der Waals surface area contributed by atoms with Gasteiger partial charge < -0.3 is 10.5 Å². The predicted molar refractivity (Wildman–Crippen MR) is 59.5 cm³/mol. The van der Waals surface area contributed by atoms with Crippen molar-refractivity contribution >= 4 is 23.1 Å². The van der Waals surface area contributed by atoms with Crippen LogP contribution in [0.15, 0.2) is 17.1 Å². The fourth-order valence-electron chi connectivity index (χ4n) is 1.10. The highest BCUT2D eigenvalue weighted by Crippen LogP contribution is 2.31. The number of halogens is 3. The summed E-state index contributed by atoms with van der Waals surface area (Å²) in [4.78, 5) is 3.78.